The molecule has 0 saturated heterocycles. The average molecular weight is 418 g/mol. The maximum atomic E-state index is 12.8. The van der Waals surface area contributed by atoms with Crippen molar-refractivity contribution in [2.24, 2.45) is 0 Å². The van der Waals surface area contributed by atoms with E-state index < -0.39 is 0 Å². The fourth-order valence-electron chi connectivity index (χ4n) is 2.48. The lowest BCUT2D eigenvalue weighted by Crippen LogP contribution is -2.26. The first-order valence-electron chi connectivity index (χ1n) is 7.95. The van der Waals surface area contributed by atoms with Crippen LogP contribution in [0.1, 0.15) is 29.8 Å². The van der Waals surface area contributed by atoms with Crippen LogP contribution < -0.4 is 10.6 Å². The van der Waals surface area contributed by atoms with E-state index in [0.29, 0.717) is 23.5 Å². The number of carbonyl (C=O) groups is 3. The summed E-state index contributed by atoms with van der Waals surface area (Å²) >= 11 is 3.47. The van der Waals surface area contributed by atoms with Crippen molar-refractivity contribution in [3.05, 3.63) is 58.1 Å². The number of anilines is 2. The Bertz CT molecular complexity index is 817. The number of hydrogen-bond acceptors (Lipinski definition) is 3. The fourth-order valence-corrected chi connectivity index (χ4v) is 2.89. The summed E-state index contributed by atoms with van der Waals surface area (Å²) in [4.78, 5) is 37.1. The van der Waals surface area contributed by atoms with Gasteiger partial charge in [-0.2, -0.15) is 0 Å². The molecule has 0 heterocycles. The van der Waals surface area contributed by atoms with Crippen molar-refractivity contribution in [1.29, 1.82) is 0 Å². The highest BCUT2D eigenvalue weighted by atomic mass is 79.9. The summed E-state index contributed by atoms with van der Waals surface area (Å²) in [6.45, 7) is 3.18. The third-order valence-corrected chi connectivity index (χ3v) is 4.31. The number of benzene rings is 2. The lowest BCUT2D eigenvalue weighted by atomic mass is 10.1. The second-order valence-electron chi connectivity index (χ2n) is 5.91. The van der Waals surface area contributed by atoms with Crippen molar-refractivity contribution in [1.82, 2.24) is 4.90 Å². The van der Waals surface area contributed by atoms with Crippen molar-refractivity contribution >= 4 is 45.0 Å². The number of nitrogens with one attached hydrogen (secondary N) is 2. The van der Waals surface area contributed by atoms with E-state index in [1.807, 2.05) is 24.3 Å². The Morgan fingerprint density at radius 3 is 2.00 bits per heavy atom. The Labute approximate surface area is 160 Å². The lowest BCUT2D eigenvalue weighted by Gasteiger charge is -2.19. The first-order chi connectivity index (χ1) is 12.3. The molecule has 0 aliphatic rings. The van der Waals surface area contributed by atoms with Gasteiger partial charge in [-0.3, -0.25) is 14.4 Å². The minimum Gasteiger partial charge on any atom is -0.337 e. The predicted octanol–water partition coefficient (Wildman–Crippen LogP) is 3.64. The molecule has 2 aromatic carbocycles. The molecule has 0 bridgehead atoms. The fraction of sp³-hybridized carbons (Fsp3) is 0.211. The van der Waals surface area contributed by atoms with E-state index in [4.69, 9.17) is 0 Å². The third-order valence-electron chi connectivity index (χ3n) is 3.53. The molecule has 0 saturated carbocycles. The monoisotopic (exact) mass is 417 g/mol. The van der Waals surface area contributed by atoms with Crippen molar-refractivity contribution in [3.8, 4) is 0 Å². The molecule has 6 nitrogen and oxygen atoms in total. The number of carbonyl (C=O) groups excluding carboxylic acids is 3. The molecular weight excluding hydrogens is 398 g/mol. The smallest absolute Gasteiger partial charge is 0.254 e. The molecular formula is C19H20BrN3O3. The highest BCUT2D eigenvalue weighted by Crippen LogP contribution is 2.22. The highest BCUT2D eigenvalue weighted by Gasteiger charge is 2.16. The van der Waals surface area contributed by atoms with E-state index in [-0.39, 0.29) is 17.7 Å². The molecule has 2 N–H and O–H groups in total. The van der Waals surface area contributed by atoms with Gasteiger partial charge < -0.3 is 15.5 Å². The van der Waals surface area contributed by atoms with Gasteiger partial charge in [0.25, 0.3) is 5.91 Å². The molecule has 3 amide bonds. The molecule has 136 valence electrons. The summed E-state index contributed by atoms with van der Waals surface area (Å²) in [6.07, 6.45) is 0. The van der Waals surface area contributed by atoms with Crippen molar-refractivity contribution in [2.75, 3.05) is 17.7 Å². The van der Waals surface area contributed by atoms with Gasteiger partial charge in [0.05, 0.1) is 0 Å². The predicted molar refractivity (Wildman–Crippen MR) is 105 cm³/mol. The molecule has 0 spiro atoms. The van der Waals surface area contributed by atoms with Crippen molar-refractivity contribution in [2.45, 2.75) is 20.4 Å². The number of halogens is 1. The van der Waals surface area contributed by atoms with Gasteiger partial charge in [-0.25, -0.2) is 0 Å². The van der Waals surface area contributed by atoms with E-state index in [9.17, 15) is 14.4 Å². The second-order valence-corrected chi connectivity index (χ2v) is 6.77. The van der Waals surface area contributed by atoms with Crippen LogP contribution in [0.5, 0.6) is 0 Å². The standard InChI is InChI=1S/C19H20BrN3O3/c1-12(24)21-16-8-15(9-17(10-16)22-13(2)25)19(26)23(3)11-14-6-4-5-7-18(14)20/h4-10H,11H2,1-3H3,(H,21,24)(H,22,25). The number of rotatable bonds is 5. The largest absolute Gasteiger partial charge is 0.337 e. The Kier molecular flexibility index (Phi) is 6.52. The summed E-state index contributed by atoms with van der Waals surface area (Å²) in [5.41, 5.74) is 2.24. The number of nitrogens with zero attached hydrogens (tertiary/aromatic N) is 1. The molecule has 2 rings (SSSR count). The SMILES string of the molecule is CC(=O)Nc1cc(NC(C)=O)cc(C(=O)N(C)Cc2ccccc2Br)c1. The summed E-state index contributed by atoms with van der Waals surface area (Å²) in [7, 11) is 1.70. The summed E-state index contributed by atoms with van der Waals surface area (Å²) in [5, 5.41) is 5.29. The molecule has 2 aromatic rings. The third kappa shape index (κ3) is 5.42. The Morgan fingerprint density at radius 2 is 1.50 bits per heavy atom. The first-order valence-corrected chi connectivity index (χ1v) is 8.74. The van der Waals surface area contributed by atoms with E-state index in [2.05, 4.69) is 26.6 Å². The van der Waals surface area contributed by atoms with Crippen molar-refractivity contribution in [3.63, 3.8) is 0 Å². The number of hydrogen-bond donors (Lipinski definition) is 2. The van der Waals surface area contributed by atoms with Gasteiger partial charge in [0.15, 0.2) is 0 Å². The molecule has 0 radical (unpaired) electrons. The van der Waals surface area contributed by atoms with Crippen LogP contribution in [0.15, 0.2) is 46.9 Å². The molecule has 0 fully saturated rings. The van der Waals surface area contributed by atoms with E-state index in [1.54, 1.807) is 30.1 Å². The topological polar surface area (TPSA) is 78.5 Å². The minimum absolute atomic E-state index is 0.223. The zero-order chi connectivity index (χ0) is 19.3. The van der Waals surface area contributed by atoms with Gasteiger partial charge in [0.1, 0.15) is 0 Å². The van der Waals surface area contributed by atoms with Crippen LogP contribution >= 0.6 is 15.9 Å². The molecule has 26 heavy (non-hydrogen) atoms. The summed E-state index contributed by atoms with van der Waals surface area (Å²) in [6, 6.07) is 12.4. The van der Waals surface area contributed by atoms with Crippen LogP contribution in [0, 0.1) is 0 Å². The zero-order valence-electron chi connectivity index (χ0n) is 14.8. The Morgan fingerprint density at radius 1 is 0.962 bits per heavy atom. The summed E-state index contributed by atoms with van der Waals surface area (Å²) in [5.74, 6) is -0.741. The van der Waals surface area contributed by atoms with Gasteiger partial charge in [-0.1, -0.05) is 34.1 Å². The van der Waals surface area contributed by atoms with Gasteiger partial charge >= 0.3 is 0 Å². The van der Waals surface area contributed by atoms with Crippen LogP contribution in [0.4, 0.5) is 11.4 Å². The van der Waals surface area contributed by atoms with Gasteiger partial charge in [-0.15, -0.1) is 0 Å². The van der Waals surface area contributed by atoms with Crippen molar-refractivity contribution < 1.29 is 14.4 Å². The molecule has 0 atom stereocenters. The lowest BCUT2D eigenvalue weighted by molar-refractivity contribution is -0.115. The van der Waals surface area contributed by atoms with Gasteiger partial charge in [-0.05, 0) is 29.8 Å². The summed E-state index contributed by atoms with van der Waals surface area (Å²) < 4.78 is 0.922. The molecule has 0 aliphatic carbocycles. The van der Waals surface area contributed by atoms with Crippen LogP contribution in [-0.4, -0.2) is 29.7 Å². The van der Waals surface area contributed by atoms with Gasteiger partial charge in [0.2, 0.25) is 11.8 Å². The van der Waals surface area contributed by atoms with Crippen LogP contribution in [0.3, 0.4) is 0 Å². The Balaban J connectivity index is 2.29. The first kappa shape index (κ1) is 19.7. The highest BCUT2D eigenvalue weighted by molar-refractivity contribution is 9.10. The maximum Gasteiger partial charge on any atom is 0.254 e. The Hall–Kier alpha value is -2.67. The average Bonchev–Trinajstić information content (AvgIpc) is 2.54. The normalized spacial score (nSPS) is 10.2. The van der Waals surface area contributed by atoms with Crippen LogP contribution in [0.2, 0.25) is 0 Å². The molecule has 7 heteroatoms. The van der Waals surface area contributed by atoms with Crippen LogP contribution in [0.25, 0.3) is 0 Å². The van der Waals surface area contributed by atoms with E-state index in [1.165, 1.54) is 13.8 Å². The number of amides is 3. The van der Waals surface area contributed by atoms with Crippen LogP contribution in [-0.2, 0) is 16.1 Å². The van der Waals surface area contributed by atoms with Gasteiger partial charge in [0, 0.05) is 48.9 Å². The molecule has 0 aromatic heterocycles. The van der Waals surface area contributed by atoms with E-state index >= 15 is 0 Å². The zero-order valence-corrected chi connectivity index (χ0v) is 16.4. The molecule has 0 aliphatic heterocycles. The second kappa shape index (κ2) is 8.62. The van der Waals surface area contributed by atoms with E-state index in [0.717, 1.165) is 10.0 Å². The maximum absolute atomic E-state index is 12.8. The minimum atomic E-state index is -0.259. The molecule has 0 unspecified atom stereocenters. The quantitative estimate of drug-likeness (QED) is 0.779.